The number of methoxy groups -OCH3 is 1. The number of hydrazone groups is 1. The lowest BCUT2D eigenvalue weighted by Gasteiger charge is -2.19. The first-order valence-corrected chi connectivity index (χ1v) is 10.2. The molecule has 0 bridgehead atoms. The summed E-state index contributed by atoms with van der Waals surface area (Å²) in [6.45, 7) is 3.71. The second kappa shape index (κ2) is 9.59. The molecule has 0 saturated carbocycles. The lowest BCUT2D eigenvalue weighted by molar-refractivity contribution is -0.118. The monoisotopic (exact) mass is 401 g/mol. The zero-order valence-corrected chi connectivity index (χ0v) is 16.9. The summed E-state index contributed by atoms with van der Waals surface area (Å²) < 4.78 is 19.5. The number of anilines is 1. The molecule has 0 radical (unpaired) electrons. The van der Waals surface area contributed by atoms with Crippen molar-refractivity contribution in [1.29, 1.82) is 0 Å². The fourth-order valence-corrected chi connectivity index (χ4v) is 3.74. The standard InChI is InChI=1S/C21H24FN3O2S/c1-15-11-20(25-9-3-4-10-25)19(22)12-16(15)13-23-24-21(26)14-28-18-7-5-17(27-2)6-8-18/h5-8,11-13H,3-4,9-10,14H2,1-2H3,(H,24,26)/b23-13+. The molecule has 7 heteroatoms. The van der Waals surface area contributed by atoms with Crippen LogP contribution in [0.1, 0.15) is 24.0 Å². The van der Waals surface area contributed by atoms with Gasteiger partial charge in [-0.05, 0) is 61.7 Å². The summed E-state index contributed by atoms with van der Waals surface area (Å²) in [4.78, 5) is 15.0. The zero-order valence-electron chi connectivity index (χ0n) is 16.1. The Morgan fingerprint density at radius 1 is 1.29 bits per heavy atom. The number of halogens is 1. The molecule has 148 valence electrons. The number of hydrogen-bond acceptors (Lipinski definition) is 5. The van der Waals surface area contributed by atoms with Crippen LogP contribution in [-0.4, -0.2) is 38.1 Å². The Morgan fingerprint density at radius 3 is 2.68 bits per heavy atom. The number of nitrogens with one attached hydrogen (secondary N) is 1. The van der Waals surface area contributed by atoms with E-state index in [1.54, 1.807) is 7.11 Å². The van der Waals surface area contributed by atoms with E-state index >= 15 is 0 Å². The molecular weight excluding hydrogens is 377 g/mol. The number of thioether (sulfide) groups is 1. The largest absolute Gasteiger partial charge is 0.497 e. The molecule has 5 nitrogen and oxygen atoms in total. The van der Waals surface area contributed by atoms with Crippen LogP contribution in [0.25, 0.3) is 0 Å². The summed E-state index contributed by atoms with van der Waals surface area (Å²) >= 11 is 1.41. The van der Waals surface area contributed by atoms with E-state index in [0.29, 0.717) is 11.3 Å². The van der Waals surface area contributed by atoms with Crippen molar-refractivity contribution in [3.8, 4) is 5.75 Å². The molecule has 2 aromatic rings. The van der Waals surface area contributed by atoms with Crippen LogP contribution in [0, 0.1) is 12.7 Å². The van der Waals surface area contributed by atoms with Crippen molar-refractivity contribution in [1.82, 2.24) is 5.43 Å². The van der Waals surface area contributed by atoms with E-state index in [4.69, 9.17) is 4.74 Å². The first-order chi connectivity index (χ1) is 13.6. The Kier molecular flexibility index (Phi) is 6.92. The van der Waals surface area contributed by atoms with Gasteiger partial charge in [-0.15, -0.1) is 11.8 Å². The summed E-state index contributed by atoms with van der Waals surface area (Å²) in [6, 6.07) is 10.8. The van der Waals surface area contributed by atoms with Crippen molar-refractivity contribution in [3.63, 3.8) is 0 Å². The Morgan fingerprint density at radius 2 is 2.00 bits per heavy atom. The lowest BCUT2D eigenvalue weighted by atomic mass is 10.1. The quantitative estimate of drug-likeness (QED) is 0.433. The molecule has 0 unspecified atom stereocenters. The highest BCUT2D eigenvalue weighted by Crippen LogP contribution is 2.26. The van der Waals surface area contributed by atoms with Crippen LogP contribution in [-0.2, 0) is 4.79 Å². The lowest BCUT2D eigenvalue weighted by Crippen LogP contribution is -2.20. The number of carbonyl (C=O) groups excluding carboxylic acids is 1. The van der Waals surface area contributed by atoms with Crippen molar-refractivity contribution >= 4 is 29.6 Å². The van der Waals surface area contributed by atoms with Crippen LogP contribution < -0.4 is 15.1 Å². The number of carbonyl (C=O) groups is 1. The van der Waals surface area contributed by atoms with Crippen LogP contribution in [0.3, 0.4) is 0 Å². The summed E-state index contributed by atoms with van der Waals surface area (Å²) in [5, 5.41) is 3.97. The topological polar surface area (TPSA) is 53.9 Å². The molecule has 2 aromatic carbocycles. The highest BCUT2D eigenvalue weighted by molar-refractivity contribution is 8.00. The zero-order chi connectivity index (χ0) is 19.9. The average Bonchev–Trinajstić information content (AvgIpc) is 3.23. The van der Waals surface area contributed by atoms with Gasteiger partial charge in [-0.3, -0.25) is 4.79 Å². The van der Waals surface area contributed by atoms with Gasteiger partial charge < -0.3 is 9.64 Å². The Bertz CT molecular complexity index is 849. The van der Waals surface area contributed by atoms with Crippen molar-refractivity contribution in [2.45, 2.75) is 24.7 Å². The molecule has 1 saturated heterocycles. The first kappa shape index (κ1) is 20.2. The summed E-state index contributed by atoms with van der Waals surface area (Å²) in [5.74, 6) is 0.543. The number of amides is 1. The molecule has 0 aromatic heterocycles. The van der Waals surface area contributed by atoms with Crippen LogP contribution in [0.2, 0.25) is 0 Å². The number of nitrogens with zero attached hydrogens (tertiary/aromatic N) is 2. The van der Waals surface area contributed by atoms with Crippen molar-refractivity contribution < 1.29 is 13.9 Å². The number of aryl methyl sites for hydroxylation is 1. The molecule has 1 N–H and O–H groups in total. The first-order valence-electron chi connectivity index (χ1n) is 9.20. The molecule has 3 rings (SSSR count). The normalized spacial score (nSPS) is 13.9. The maximum Gasteiger partial charge on any atom is 0.250 e. The average molecular weight is 402 g/mol. The fraction of sp³-hybridized carbons (Fsp3) is 0.333. The third-order valence-corrected chi connectivity index (χ3v) is 5.62. The van der Waals surface area contributed by atoms with Crippen molar-refractivity contribution in [2.24, 2.45) is 5.10 Å². The molecule has 1 aliphatic rings. The van der Waals surface area contributed by atoms with E-state index in [1.165, 1.54) is 24.0 Å². The third kappa shape index (κ3) is 5.25. The van der Waals surface area contributed by atoms with Gasteiger partial charge in [0.05, 0.1) is 24.8 Å². The molecule has 0 aliphatic carbocycles. The minimum absolute atomic E-state index is 0.219. The maximum atomic E-state index is 14.4. The van der Waals surface area contributed by atoms with E-state index < -0.39 is 0 Å². The second-order valence-corrected chi connectivity index (χ2v) is 7.66. The van der Waals surface area contributed by atoms with Gasteiger partial charge in [-0.1, -0.05) is 0 Å². The second-order valence-electron chi connectivity index (χ2n) is 6.61. The maximum absolute atomic E-state index is 14.4. The third-order valence-electron chi connectivity index (χ3n) is 4.60. The van der Waals surface area contributed by atoms with Crippen LogP contribution in [0.4, 0.5) is 10.1 Å². The van der Waals surface area contributed by atoms with Crippen LogP contribution in [0.5, 0.6) is 5.75 Å². The highest BCUT2D eigenvalue weighted by atomic mass is 32.2. The van der Waals surface area contributed by atoms with E-state index in [1.807, 2.05) is 37.3 Å². The van der Waals surface area contributed by atoms with Gasteiger partial charge in [0, 0.05) is 23.5 Å². The SMILES string of the molecule is COc1ccc(SCC(=O)N/N=C/c2cc(F)c(N3CCCC3)cc2C)cc1. The predicted octanol–water partition coefficient (Wildman–Crippen LogP) is 3.99. The molecule has 28 heavy (non-hydrogen) atoms. The summed E-state index contributed by atoms with van der Waals surface area (Å²) in [6.07, 6.45) is 3.69. The van der Waals surface area contributed by atoms with Gasteiger partial charge in [0.1, 0.15) is 11.6 Å². The number of benzene rings is 2. The van der Waals surface area contributed by atoms with E-state index in [2.05, 4.69) is 15.4 Å². The molecule has 1 heterocycles. The summed E-state index contributed by atoms with van der Waals surface area (Å²) in [5.41, 5.74) is 4.72. The predicted molar refractivity (Wildman–Crippen MR) is 112 cm³/mol. The Labute approximate surface area is 169 Å². The minimum Gasteiger partial charge on any atom is -0.497 e. The van der Waals surface area contributed by atoms with Crippen molar-refractivity contribution in [3.05, 3.63) is 53.3 Å². The van der Waals surface area contributed by atoms with E-state index in [9.17, 15) is 9.18 Å². The molecule has 0 spiro atoms. The minimum atomic E-state index is -0.254. The van der Waals surface area contributed by atoms with E-state index in [0.717, 1.165) is 42.1 Å². The van der Waals surface area contributed by atoms with Gasteiger partial charge in [0.2, 0.25) is 5.91 Å². The Hall–Kier alpha value is -2.54. The van der Waals surface area contributed by atoms with E-state index in [-0.39, 0.29) is 17.5 Å². The molecule has 0 atom stereocenters. The fourth-order valence-electron chi connectivity index (χ4n) is 3.05. The number of ether oxygens (including phenoxy) is 1. The van der Waals surface area contributed by atoms with Crippen LogP contribution >= 0.6 is 11.8 Å². The van der Waals surface area contributed by atoms with Crippen molar-refractivity contribution in [2.75, 3.05) is 30.9 Å². The van der Waals surface area contributed by atoms with Gasteiger partial charge in [0.25, 0.3) is 0 Å². The Balaban J connectivity index is 1.53. The molecular formula is C21H24FN3O2S. The van der Waals surface area contributed by atoms with Crippen LogP contribution in [0.15, 0.2) is 46.4 Å². The molecule has 1 aliphatic heterocycles. The highest BCUT2D eigenvalue weighted by Gasteiger charge is 2.17. The number of rotatable bonds is 7. The smallest absolute Gasteiger partial charge is 0.250 e. The van der Waals surface area contributed by atoms with Gasteiger partial charge in [-0.2, -0.15) is 5.10 Å². The molecule has 1 fully saturated rings. The molecule has 1 amide bonds. The van der Waals surface area contributed by atoms with Gasteiger partial charge >= 0.3 is 0 Å². The number of hydrogen-bond donors (Lipinski definition) is 1. The van der Waals surface area contributed by atoms with Gasteiger partial charge in [0.15, 0.2) is 0 Å². The summed E-state index contributed by atoms with van der Waals surface area (Å²) in [7, 11) is 1.61. The van der Waals surface area contributed by atoms with Gasteiger partial charge in [-0.25, -0.2) is 9.82 Å².